The van der Waals surface area contributed by atoms with E-state index in [1.807, 2.05) is 20.8 Å². The van der Waals surface area contributed by atoms with E-state index in [-0.39, 0.29) is 17.6 Å². The molecule has 0 saturated carbocycles. The molecule has 1 heterocycles. The minimum absolute atomic E-state index is 0.0821. The van der Waals surface area contributed by atoms with Crippen molar-refractivity contribution in [1.29, 1.82) is 0 Å². The van der Waals surface area contributed by atoms with Gasteiger partial charge in [-0.25, -0.2) is 0 Å². The smallest absolute Gasteiger partial charge is 0.223 e. The van der Waals surface area contributed by atoms with E-state index in [0.717, 1.165) is 13.0 Å². The third kappa shape index (κ3) is 2.56. The first kappa shape index (κ1) is 11.2. The van der Waals surface area contributed by atoms with E-state index < -0.39 is 0 Å². The fourth-order valence-electron chi connectivity index (χ4n) is 1.69. The van der Waals surface area contributed by atoms with Gasteiger partial charge in [0.05, 0.1) is 6.54 Å². The Morgan fingerprint density at radius 1 is 1.64 bits per heavy atom. The van der Waals surface area contributed by atoms with Crippen LogP contribution in [-0.4, -0.2) is 29.7 Å². The summed E-state index contributed by atoms with van der Waals surface area (Å²) in [5.74, 6) is 0.815. The number of amides is 1. The molecule has 3 heteroatoms. The van der Waals surface area contributed by atoms with Gasteiger partial charge in [-0.1, -0.05) is 20.8 Å². The first-order valence-electron chi connectivity index (χ1n) is 5.35. The first-order valence-corrected chi connectivity index (χ1v) is 5.35. The van der Waals surface area contributed by atoms with Gasteiger partial charge in [-0.2, -0.15) is 0 Å². The lowest BCUT2D eigenvalue weighted by Crippen LogP contribution is -2.33. The van der Waals surface area contributed by atoms with Gasteiger partial charge in [0, 0.05) is 18.9 Å². The van der Waals surface area contributed by atoms with Gasteiger partial charge in [0.15, 0.2) is 5.78 Å². The van der Waals surface area contributed by atoms with Gasteiger partial charge in [-0.3, -0.25) is 9.59 Å². The van der Waals surface area contributed by atoms with Crippen molar-refractivity contribution in [3.63, 3.8) is 0 Å². The number of Topliss-reactive ketones (excluding diaryl/α,β-unsaturated/α-hetero) is 1. The van der Waals surface area contributed by atoms with Crippen molar-refractivity contribution in [3.8, 4) is 0 Å². The molecule has 0 aromatic carbocycles. The van der Waals surface area contributed by atoms with E-state index in [4.69, 9.17) is 0 Å². The molecule has 0 bridgehead atoms. The Balaban J connectivity index is 2.45. The van der Waals surface area contributed by atoms with Gasteiger partial charge in [-0.15, -0.1) is 0 Å². The fraction of sp³-hybridized carbons (Fsp3) is 0.818. The maximum Gasteiger partial charge on any atom is 0.223 e. The maximum absolute atomic E-state index is 11.6. The third-order valence-corrected chi connectivity index (χ3v) is 2.92. The lowest BCUT2D eigenvalue weighted by atomic mass is 10.0. The highest BCUT2D eigenvalue weighted by molar-refractivity contribution is 5.88. The van der Waals surface area contributed by atoms with E-state index in [0.29, 0.717) is 18.9 Å². The molecule has 2 unspecified atom stereocenters. The molecule has 80 valence electrons. The number of nitrogens with zero attached hydrogens (tertiary/aromatic N) is 1. The van der Waals surface area contributed by atoms with Crippen LogP contribution in [-0.2, 0) is 9.59 Å². The Labute approximate surface area is 85.5 Å². The molecule has 0 spiro atoms. The number of carbonyl (C=O) groups is 2. The molecular formula is C11H19NO2. The molecule has 14 heavy (non-hydrogen) atoms. The number of hydrogen-bond donors (Lipinski definition) is 0. The van der Waals surface area contributed by atoms with E-state index in [1.54, 1.807) is 4.90 Å². The van der Waals surface area contributed by atoms with Crippen molar-refractivity contribution < 1.29 is 9.59 Å². The zero-order chi connectivity index (χ0) is 10.7. The standard InChI is InChI=1S/C11H19NO2/c1-4-9(3)10(13)7-12-6-8(2)5-11(12)14/h8-9H,4-7H2,1-3H3. The summed E-state index contributed by atoms with van der Waals surface area (Å²) in [6.45, 7) is 7.04. The van der Waals surface area contributed by atoms with E-state index >= 15 is 0 Å². The second-order valence-corrected chi connectivity index (χ2v) is 4.36. The Kier molecular flexibility index (Phi) is 3.67. The van der Waals surface area contributed by atoms with Crippen LogP contribution in [0, 0.1) is 11.8 Å². The Hall–Kier alpha value is -0.860. The maximum atomic E-state index is 11.6. The monoisotopic (exact) mass is 197 g/mol. The van der Waals surface area contributed by atoms with Crippen LogP contribution in [0.25, 0.3) is 0 Å². The minimum atomic E-state index is 0.0821. The molecule has 0 aromatic heterocycles. The molecule has 1 aliphatic heterocycles. The summed E-state index contributed by atoms with van der Waals surface area (Å²) in [6.07, 6.45) is 1.46. The summed E-state index contributed by atoms with van der Waals surface area (Å²) in [4.78, 5) is 24.7. The van der Waals surface area contributed by atoms with Crippen LogP contribution < -0.4 is 0 Å². The molecule has 0 aromatic rings. The van der Waals surface area contributed by atoms with Crippen molar-refractivity contribution in [1.82, 2.24) is 4.90 Å². The van der Waals surface area contributed by atoms with E-state index in [9.17, 15) is 9.59 Å². The number of ketones is 1. The van der Waals surface area contributed by atoms with Crippen LogP contribution in [0.15, 0.2) is 0 Å². The van der Waals surface area contributed by atoms with Crippen molar-refractivity contribution in [2.24, 2.45) is 11.8 Å². The summed E-state index contributed by atoms with van der Waals surface area (Å²) in [5.41, 5.74) is 0. The quantitative estimate of drug-likeness (QED) is 0.684. The summed E-state index contributed by atoms with van der Waals surface area (Å²) < 4.78 is 0. The van der Waals surface area contributed by atoms with Gasteiger partial charge in [0.25, 0.3) is 0 Å². The van der Waals surface area contributed by atoms with Crippen LogP contribution in [0.5, 0.6) is 0 Å². The lowest BCUT2D eigenvalue weighted by Gasteiger charge is -2.17. The van der Waals surface area contributed by atoms with Gasteiger partial charge in [0.2, 0.25) is 5.91 Å². The first-order chi connectivity index (χ1) is 6.54. The molecule has 2 atom stereocenters. The average molecular weight is 197 g/mol. The molecule has 1 amide bonds. The van der Waals surface area contributed by atoms with Crippen molar-refractivity contribution in [2.45, 2.75) is 33.6 Å². The van der Waals surface area contributed by atoms with E-state index in [2.05, 4.69) is 0 Å². The normalized spacial score (nSPS) is 24.1. The molecule has 0 aliphatic carbocycles. The van der Waals surface area contributed by atoms with Crippen LogP contribution in [0.1, 0.15) is 33.6 Å². The molecule has 3 nitrogen and oxygen atoms in total. The zero-order valence-corrected chi connectivity index (χ0v) is 9.25. The molecular weight excluding hydrogens is 178 g/mol. The molecule has 0 N–H and O–H groups in total. The van der Waals surface area contributed by atoms with Crippen LogP contribution in [0.4, 0.5) is 0 Å². The van der Waals surface area contributed by atoms with Crippen LogP contribution in [0.3, 0.4) is 0 Å². The average Bonchev–Trinajstić information content (AvgIpc) is 2.44. The molecule has 1 rings (SSSR count). The Morgan fingerprint density at radius 2 is 2.29 bits per heavy atom. The second kappa shape index (κ2) is 4.58. The van der Waals surface area contributed by atoms with Gasteiger partial charge < -0.3 is 4.90 Å². The minimum Gasteiger partial charge on any atom is -0.335 e. The second-order valence-electron chi connectivity index (χ2n) is 4.36. The summed E-state index contributed by atoms with van der Waals surface area (Å²) in [7, 11) is 0. The Bertz CT molecular complexity index is 237. The molecule has 0 radical (unpaired) electrons. The number of carbonyl (C=O) groups excluding carboxylic acids is 2. The largest absolute Gasteiger partial charge is 0.335 e. The highest BCUT2D eigenvalue weighted by atomic mass is 16.2. The van der Waals surface area contributed by atoms with Crippen LogP contribution >= 0.6 is 0 Å². The molecule has 1 saturated heterocycles. The van der Waals surface area contributed by atoms with Crippen molar-refractivity contribution in [2.75, 3.05) is 13.1 Å². The predicted octanol–water partition coefficient (Wildman–Crippen LogP) is 1.47. The van der Waals surface area contributed by atoms with Crippen molar-refractivity contribution >= 4 is 11.7 Å². The highest BCUT2D eigenvalue weighted by Gasteiger charge is 2.28. The van der Waals surface area contributed by atoms with Gasteiger partial charge in [-0.05, 0) is 12.3 Å². The highest BCUT2D eigenvalue weighted by Crippen LogP contribution is 2.17. The number of likely N-dealkylation sites (tertiary alicyclic amines) is 1. The van der Waals surface area contributed by atoms with E-state index in [1.165, 1.54) is 0 Å². The SMILES string of the molecule is CCC(C)C(=O)CN1CC(C)CC1=O. The van der Waals surface area contributed by atoms with Gasteiger partial charge >= 0.3 is 0 Å². The van der Waals surface area contributed by atoms with Crippen molar-refractivity contribution in [3.05, 3.63) is 0 Å². The molecule has 1 fully saturated rings. The zero-order valence-electron chi connectivity index (χ0n) is 9.25. The number of rotatable bonds is 4. The fourth-order valence-corrected chi connectivity index (χ4v) is 1.69. The third-order valence-electron chi connectivity index (χ3n) is 2.92. The topological polar surface area (TPSA) is 37.4 Å². The van der Waals surface area contributed by atoms with Crippen LogP contribution in [0.2, 0.25) is 0 Å². The summed E-state index contributed by atoms with van der Waals surface area (Å²) >= 11 is 0. The lowest BCUT2D eigenvalue weighted by molar-refractivity contribution is -0.133. The predicted molar refractivity (Wildman–Crippen MR) is 54.8 cm³/mol. The molecule has 1 aliphatic rings. The Morgan fingerprint density at radius 3 is 2.71 bits per heavy atom. The van der Waals surface area contributed by atoms with Gasteiger partial charge in [0.1, 0.15) is 0 Å². The summed E-state index contributed by atoms with van der Waals surface area (Å²) in [6, 6.07) is 0. The summed E-state index contributed by atoms with van der Waals surface area (Å²) in [5, 5.41) is 0. The number of hydrogen-bond acceptors (Lipinski definition) is 2.